The SMILES string of the molecule is Cl.Cl.O=C(NC1CCC(F)(F)CC1)c1cccc([C@@H]2C[C@H]2NC2CCN(C3CC3)CC2)c1. The van der Waals surface area contributed by atoms with E-state index >= 15 is 0 Å². The molecule has 2 N–H and O–H groups in total. The highest BCUT2D eigenvalue weighted by Gasteiger charge is 2.41. The van der Waals surface area contributed by atoms with Crippen molar-refractivity contribution in [2.24, 2.45) is 0 Å². The Morgan fingerprint density at radius 3 is 2.31 bits per heavy atom. The average molecular weight is 490 g/mol. The predicted octanol–water partition coefficient (Wildman–Crippen LogP) is 4.91. The highest BCUT2D eigenvalue weighted by Crippen LogP contribution is 2.42. The van der Waals surface area contributed by atoms with E-state index < -0.39 is 5.92 Å². The molecule has 0 bridgehead atoms. The lowest BCUT2D eigenvalue weighted by molar-refractivity contribution is -0.0399. The van der Waals surface area contributed by atoms with Crippen LogP contribution >= 0.6 is 24.8 Å². The number of benzene rings is 1. The van der Waals surface area contributed by atoms with Gasteiger partial charge in [-0.25, -0.2) is 8.78 Å². The van der Waals surface area contributed by atoms with E-state index in [0.29, 0.717) is 36.4 Å². The largest absolute Gasteiger partial charge is 0.349 e. The Kier molecular flexibility index (Phi) is 8.46. The van der Waals surface area contributed by atoms with Gasteiger partial charge >= 0.3 is 0 Å². The zero-order chi connectivity index (χ0) is 20.7. The second-order valence-electron chi connectivity index (χ2n) is 9.89. The summed E-state index contributed by atoms with van der Waals surface area (Å²) in [4.78, 5) is 15.3. The van der Waals surface area contributed by atoms with Gasteiger partial charge in [0.25, 0.3) is 5.91 Å². The van der Waals surface area contributed by atoms with Crippen LogP contribution in [0.15, 0.2) is 24.3 Å². The zero-order valence-electron chi connectivity index (χ0n) is 18.4. The second-order valence-corrected chi connectivity index (χ2v) is 9.89. The van der Waals surface area contributed by atoms with Crippen LogP contribution in [0, 0.1) is 0 Å². The van der Waals surface area contributed by atoms with Crippen LogP contribution in [-0.2, 0) is 0 Å². The van der Waals surface area contributed by atoms with E-state index in [1.165, 1.54) is 44.3 Å². The van der Waals surface area contributed by atoms with Crippen LogP contribution in [0.2, 0.25) is 0 Å². The Bertz CT molecular complexity index is 774. The molecule has 0 spiro atoms. The van der Waals surface area contributed by atoms with E-state index in [4.69, 9.17) is 0 Å². The molecule has 1 aromatic rings. The number of hydrogen-bond acceptors (Lipinski definition) is 3. The Balaban J connectivity index is 0.00000144. The van der Waals surface area contributed by atoms with Gasteiger partial charge in [0, 0.05) is 48.5 Å². The molecule has 1 aliphatic heterocycles. The topological polar surface area (TPSA) is 44.4 Å². The normalized spacial score (nSPS) is 28.3. The second kappa shape index (κ2) is 10.5. The van der Waals surface area contributed by atoms with Crippen molar-refractivity contribution in [3.63, 3.8) is 0 Å². The maximum Gasteiger partial charge on any atom is 0.251 e. The van der Waals surface area contributed by atoms with Crippen molar-refractivity contribution < 1.29 is 13.6 Å². The van der Waals surface area contributed by atoms with Gasteiger partial charge in [-0.15, -0.1) is 24.8 Å². The standard InChI is InChI=1S/C24H33F2N3O.2ClH/c25-24(26)10-6-18(7-11-24)28-23(30)17-3-1-2-16(14-17)21-15-22(21)27-19-8-12-29(13-9-19)20-4-5-20;;/h1-3,14,18-22,27H,4-13,15H2,(H,28,30);2*1H/t21-,22+;;/m0../s1. The van der Waals surface area contributed by atoms with Crippen molar-refractivity contribution >= 4 is 30.7 Å². The van der Waals surface area contributed by atoms with Gasteiger partial charge in [0.05, 0.1) is 0 Å². The monoisotopic (exact) mass is 489 g/mol. The van der Waals surface area contributed by atoms with Crippen molar-refractivity contribution in [3.8, 4) is 0 Å². The molecule has 4 nitrogen and oxygen atoms in total. The maximum atomic E-state index is 13.3. The van der Waals surface area contributed by atoms with Crippen LogP contribution in [0.1, 0.15) is 79.6 Å². The maximum absolute atomic E-state index is 13.3. The van der Waals surface area contributed by atoms with Crippen LogP contribution in [0.25, 0.3) is 0 Å². The van der Waals surface area contributed by atoms with Crippen LogP contribution in [-0.4, -0.2) is 54.0 Å². The van der Waals surface area contributed by atoms with Crippen molar-refractivity contribution in [2.75, 3.05) is 13.1 Å². The molecule has 3 saturated carbocycles. The summed E-state index contributed by atoms with van der Waals surface area (Å²) in [7, 11) is 0. The predicted molar refractivity (Wildman–Crippen MR) is 128 cm³/mol. The molecule has 2 atom stereocenters. The molecule has 0 aromatic heterocycles. The van der Waals surface area contributed by atoms with Gasteiger partial charge in [-0.3, -0.25) is 4.79 Å². The lowest BCUT2D eigenvalue weighted by Gasteiger charge is -2.32. The molecule has 5 rings (SSSR count). The molecular formula is C24H35Cl2F2N3O. The van der Waals surface area contributed by atoms with Crippen molar-refractivity contribution in [2.45, 2.75) is 93.8 Å². The molecule has 32 heavy (non-hydrogen) atoms. The molecular weight excluding hydrogens is 455 g/mol. The zero-order valence-corrected chi connectivity index (χ0v) is 20.0. The van der Waals surface area contributed by atoms with E-state index in [1.807, 2.05) is 18.2 Å². The third kappa shape index (κ3) is 6.34. The smallest absolute Gasteiger partial charge is 0.251 e. The first-order valence-corrected chi connectivity index (χ1v) is 11.8. The number of nitrogens with zero attached hydrogens (tertiary/aromatic N) is 1. The van der Waals surface area contributed by atoms with Gasteiger partial charge < -0.3 is 15.5 Å². The summed E-state index contributed by atoms with van der Waals surface area (Å²) in [5.74, 6) is -2.22. The number of alkyl halides is 2. The molecule has 1 saturated heterocycles. The van der Waals surface area contributed by atoms with E-state index in [2.05, 4.69) is 21.6 Å². The molecule has 0 unspecified atom stereocenters. The molecule has 3 aliphatic carbocycles. The molecule has 0 radical (unpaired) electrons. The summed E-state index contributed by atoms with van der Waals surface area (Å²) in [5.41, 5.74) is 1.86. The number of piperidine rings is 1. The van der Waals surface area contributed by atoms with E-state index in [-0.39, 0.29) is 49.6 Å². The Labute approximate surface area is 202 Å². The molecule has 1 aromatic carbocycles. The number of nitrogens with one attached hydrogen (secondary N) is 2. The number of halogens is 4. The van der Waals surface area contributed by atoms with Crippen LogP contribution in [0.5, 0.6) is 0 Å². The van der Waals surface area contributed by atoms with Crippen LogP contribution in [0.4, 0.5) is 8.78 Å². The number of carbonyl (C=O) groups excluding carboxylic acids is 1. The quantitative estimate of drug-likeness (QED) is 0.596. The molecule has 1 amide bonds. The van der Waals surface area contributed by atoms with Gasteiger partial charge in [-0.1, -0.05) is 12.1 Å². The van der Waals surface area contributed by atoms with Crippen molar-refractivity contribution in [1.82, 2.24) is 15.5 Å². The number of hydrogen-bond donors (Lipinski definition) is 2. The minimum atomic E-state index is -2.57. The number of carbonyl (C=O) groups is 1. The van der Waals surface area contributed by atoms with Gasteiger partial charge in [-0.05, 0) is 75.7 Å². The summed E-state index contributed by atoms with van der Waals surface area (Å²) in [5, 5.41) is 6.81. The molecule has 180 valence electrons. The first-order chi connectivity index (χ1) is 14.5. The fraction of sp³-hybridized carbons (Fsp3) is 0.708. The number of likely N-dealkylation sites (tertiary alicyclic amines) is 1. The first-order valence-electron chi connectivity index (χ1n) is 11.8. The molecule has 1 heterocycles. The van der Waals surface area contributed by atoms with Gasteiger partial charge in [0.1, 0.15) is 0 Å². The lowest BCUT2D eigenvalue weighted by Crippen LogP contribution is -2.44. The first kappa shape index (κ1) is 25.7. The summed E-state index contributed by atoms with van der Waals surface area (Å²) in [6.07, 6.45) is 6.83. The summed E-state index contributed by atoms with van der Waals surface area (Å²) in [6.45, 7) is 2.45. The fourth-order valence-corrected chi connectivity index (χ4v) is 5.29. The number of rotatable bonds is 6. The molecule has 4 aliphatic rings. The highest BCUT2D eigenvalue weighted by molar-refractivity contribution is 5.94. The van der Waals surface area contributed by atoms with Crippen molar-refractivity contribution in [1.29, 1.82) is 0 Å². The third-order valence-electron chi connectivity index (χ3n) is 7.46. The van der Waals surface area contributed by atoms with E-state index in [1.54, 1.807) is 0 Å². The minimum Gasteiger partial charge on any atom is -0.349 e. The van der Waals surface area contributed by atoms with Crippen molar-refractivity contribution in [3.05, 3.63) is 35.4 Å². The van der Waals surface area contributed by atoms with Gasteiger partial charge in [0.2, 0.25) is 5.92 Å². The third-order valence-corrected chi connectivity index (χ3v) is 7.46. The van der Waals surface area contributed by atoms with E-state index in [0.717, 1.165) is 12.5 Å². The number of amides is 1. The highest BCUT2D eigenvalue weighted by atomic mass is 35.5. The van der Waals surface area contributed by atoms with Crippen LogP contribution < -0.4 is 10.6 Å². The fourth-order valence-electron chi connectivity index (χ4n) is 5.29. The van der Waals surface area contributed by atoms with Gasteiger partial charge in [-0.2, -0.15) is 0 Å². The molecule has 8 heteroatoms. The lowest BCUT2D eigenvalue weighted by atomic mass is 9.92. The average Bonchev–Trinajstić information content (AvgIpc) is 3.65. The summed E-state index contributed by atoms with van der Waals surface area (Å²) in [6, 6.07) is 9.75. The Morgan fingerprint density at radius 2 is 1.66 bits per heavy atom. The molecule has 4 fully saturated rings. The van der Waals surface area contributed by atoms with Crippen LogP contribution in [0.3, 0.4) is 0 Å². The minimum absolute atomic E-state index is 0. The Morgan fingerprint density at radius 1 is 0.969 bits per heavy atom. The van der Waals surface area contributed by atoms with Gasteiger partial charge in [0.15, 0.2) is 0 Å². The van der Waals surface area contributed by atoms with E-state index in [9.17, 15) is 13.6 Å². The Hall–Kier alpha value is -0.950. The summed E-state index contributed by atoms with van der Waals surface area (Å²) < 4.78 is 26.7. The summed E-state index contributed by atoms with van der Waals surface area (Å²) >= 11 is 0.